The van der Waals surface area contributed by atoms with Gasteiger partial charge in [-0.05, 0) is 42.5 Å². The van der Waals surface area contributed by atoms with Gasteiger partial charge in [0.1, 0.15) is 10.5 Å². The summed E-state index contributed by atoms with van der Waals surface area (Å²) in [6.07, 6.45) is 3.30. The summed E-state index contributed by atoms with van der Waals surface area (Å²) in [5, 5.41) is 0.634. The van der Waals surface area contributed by atoms with Crippen molar-refractivity contribution in [2.75, 3.05) is 4.90 Å². The molecular formula is C14H10ClNO2S2. The van der Waals surface area contributed by atoms with Crippen molar-refractivity contribution in [3.05, 3.63) is 58.3 Å². The van der Waals surface area contributed by atoms with Gasteiger partial charge >= 0.3 is 0 Å². The summed E-state index contributed by atoms with van der Waals surface area (Å²) in [5.74, 6) is 0.563. The van der Waals surface area contributed by atoms with Crippen LogP contribution in [-0.4, -0.2) is 10.6 Å². The zero-order valence-corrected chi connectivity index (χ0v) is 12.7. The van der Waals surface area contributed by atoms with E-state index in [1.807, 2.05) is 0 Å². The molecule has 1 aromatic carbocycles. The van der Waals surface area contributed by atoms with Crippen LogP contribution < -0.4 is 4.90 Å². The molecule has 1 aliphatic rings. The van der Waals surface area contributed by atoms with Crippen LogP contribution in [0.5, 0.6) is 0 Å². The highest BCUT2D eigenvalue weighted by atomic mass is 35.5. The van der Waals surface area contributed by atoms with Crippen LogP contribution in [0.1, 0.15) is 5.76 Å². The maximum absolute atomic E-state index is 12.4. The Hall–Kier alpha value is -1.30. The lowest BCUT2D eigenvalue weighted by Gasteiger charge is -2.19. The van der Waals surface area contributed by atoms with Gasteiger partial charge in [0.05, 0.1) is 11.2 Å². The van der Waals surface area contributed by atoms with E-state index in [-0.39, 0.29) is 10.6 Å². The van der Waals surface area contributed by atoms with Crippen molar-refractivity contribution in [3.63, 3.8) is 0 Å². The van der Waals surface area contributed by atoms with Crippen molar-refractivity contribution in [1.82, 2.24) is 0 Å². The van der Waals surface area contributed by atoms with Gasteiger partial charge in [-0.1, -0.05) is 23.4 Å². The molecule has 0 radical (unpaired) electrons. The third kappa shape index (κ3) is 2.61. The van der Waals surface area contributed by atoms with E-state index in [9.17, 15) is 4.79 Å². The number of carbonyl (C=O) groups is 1. The SMILES string of the molecule is O=C1C(=Cc2ccco2)SC(S)N1c1ccc(Cl)cc1. The number of carbonyl (C=O) groups excluding carboxylic acids is 1. The maximum Gasteiger partial charge on any atom is 0.266 e. The number of furan rings is 1. The third-order valence-corrected chi connectivity index (χ3v) is 4.57. The molecule has 0 bridgehead atoms. The summed E-state index contributed by atoms with van der Waals surface area (Å²) in [4.78, 5) is 14.7. The highest BCUT2D eigenvalue weighted by Gasteiger charge is 2.35. The molecule has 1 unspecified atom stereocenters. The lowest BCUT2D eigenvalue weighted by Crippen LogP contribution is -2.28. The van der Waals surface area contributed by atoms with Gasteiger partial charge in [0.15, 0.2) is 0 Å². The Morgan fingerprint density at radius 2 is 2.05 bits per heavy atom. The smallest absolute Gasteiger partial charge is 0.266 e. The Bertz CT molecular complexity index is 652. The Balaban J connectivity index is 1.91. The largest absolute Gasteiger partial charge is 0.465 e. The Morgan fingerprint density at radius 3 is 2.70 bits per heavy atom. The van der Waals surface area contributed by atoms with E-state index < -0.39 is 0 Å². The first-order valence-corrected chi connectivity index (χ1v) is 7.61. The number of rotatable bonds is 2. The van der Waals surface area contributed by atoms with Gasteiger partial charge in [0, 0.05) is 10.7 Å². The maximum atomic E-state index is 12.4. The van der Waals surface area contributed by atoms with Gasteiger partial charge in [-0.3, -0.25) is 9.69 Å². The molecule has 0 aliphatic carbocycles. The zero-order chi connectivity index (χ0) is 14.1. The highest BCUT2D eigenvalue weighted by Crippen LogP contribution is 2.41. The fraction of sp³-hybridized carbons (Fsp3) is 0.0714. The molecule has 1 saturated heterocycles. The highest BCUT2D eigenvalue weighted by molar-refractivity contribution is 8.14. The predicted molar refractivity (Wildman–Crippen MR) is 86.0 cm³/mol. The van der Waals surface area contributed by atoms with E-state index in [0.29, 0.717) is 15.7 Å². The number of hydrogen-bond acceptors (Lipinski definition) is 4. The minimum Gasteiger partial charge on any atom is -0.465 e. The molecule has 0 saturated carbocycles. The number of thiol groups is 1. The van der Waals surface area contributed by atoms with Crippen molar-refractivity contribution < 1.29 is 9.21 Å². The van der Waals surface area contributed by atoms with E-state index in [1.54, 1.807) is 53.6 Å². The molecule has 0 spiro atoms. The Morgan fingerprint density at radius 1 is 1.30 bits per heavy atom. The summed E-state index contributed by atoms with van der Waals surface area (Å²) < 4.78 is 4.97. The van der Waals surface area contributed by atoms with Gasteiger partial charge < -0.3 is 4.42 Å². The molecule has 1 fully saturated rings. The molecule has 2 aromatic rings. The molecule has 102 valence electrons. The topological polar surface area (TPSA) is 33.5 Å². The number of nitrogens with zero attached hydrogens (tertiary/aromatic N) is 1. The molecule has 1 amide bonds. The van der Waals surface area contributed by atoms with Crippen LogP contribution in [0.4, 0.5) is 5.69 Å². The standard InChI is InChI=1S/C14H10ClNO2S2/c15-9-3-5-10(6-4-9)16-13(17)12(20-14(16)19)8-11-2-1-7-18-11/h1-8,14,19H. The minimum absolute atomic E-state index is 0.0891. The lowest BCUT2D eigenvalue weighted by atomic mass is 10.3. The number of anilines is 1. The quantitative estimate of drug-likeness (QED) is 0.662. The Kier molecular flexibility index (Phi) is 3.83. The van der Waals surface area contributed by atoms with Crippen LogP contribution >= 0.6 is 36.0 Å². The fourth-order valence-electron chi connectivity index (χ4n) is 1.88. The second kappa shape index (κ2) is 5.60. The van der Waals surface area contributed by atoms with Crippen molar-refractivity contribution >= 4 is 53.7 Å². The van der Waals surface area contributed by atoms with E-state index in [4.69, 9.17) is 16.0 Å². The van der Waals surface area contributed by atoms with Crippen molar-refractivity contribution in [2.45, 2.75) is 4.71 Å². The second-order valence-corrected chi connectivity index (χ2v) is 6.52. The van der Waals surface area contributed by atoms with E-state index >= 15 is 0 Å². The van der Waals surface area contributed by atoms with Crippen LogP contribution in [0.15, 0.2) is 52.0 Å². The predicted octanol–water partition coefficient (Wildman–Crippen LogP) is 4.27. The van der Waals surface area contributed by atoms with Crippen LogP contribution in [0.25, 0.3) is 6.08 Å². The average molecular weight is 324 g/mol. The fourth-order valence-corrected chi connectivity index (χ4v) is 3.52. The monoisotopic (exact) mass is 323 g/mol. The van der Waals surface area contributed by atoms with Crippen LogP contribution in [0, 0.1) is 0 Å². The minimum atomic E-state index is -0.259. The zero-order valence-electron chi connectivity index (χ0n) is 10.2. The molecule has 6 heteroatoms. The summed E-state index contributed by atoms with van der Waals surface area (Å²) in [6, 6.07) is 10.7. The lowest BCUT2D eigenvalue weighted by molar-refractivity contribution is -0.114. The summed E-state index contributed by atoms with van der Waals surface area (Å²) in [5.41, 5.74) is 0.773. The second-order valence-electron chi connectivity index (χ2n) is 4.12. The van der Waals surface area contributed by atoms with Gasteiger partial charge in [0.25, 0.3) is 5.91 Å². The Labute approximate surface area is 131 Å². The molecular weight excluding hydrogens is 314 g/mol. The van der Waals surface area contributed by atoms with Gasteiger partial charge in [-0.25, -0.2) is 0 Å². The van der Waals surface area contributed by atoms with Crippen molar-refractivity contribution in [3.8, 4) is 0 Å². The van der Waals surface area contributed by atoms with Gasteiger partial charge in [-0.2, -0.15) is 0 Å². The molecule has 1 aromatic heterocycles. The number of halogens is 1. The molecule has 1 atom stereocenters. The first-order chi connectivity index (χ1) is 9.65. The normalized spacial score (nSPS) is 20.9. The average Bonchev–Trinajstić information content (AvgIpc) is 3.02. The molecule has 1 aliphatic heterocycles. The van der Waals surface area contributed by atoms with Gasteiger partial charge in [0.2, 0.25) is 0 Å². The number of hydrogen-bond donors (Lipinski definition) is 1. The summed E-state index contributed by atoms with van der Waals surface area (Å²) >= 11 is 11.7. The summed E-state index contributed by atoms with van der Waals surface area (Å²) in [6.45, 7) is 0. The third-order valence-electron chi connectivity index (χ3n) is 2.80. The van der Waals surface area contributed by atoms with Gasteiger partial charge in [-0.15, -0.1) is 12.6 Å². The number of benzene rings is 1. The van der Waals surface area contributed by atoms with E-state index in [1.165, 1.54) is 11.8 Å². The molecule has 20 heavy (non-hydrogen) atoms. The summed E-state index contributed by atoms with van der Waals surface area (Å²) in [7, 11) is 0. The number of amides is 1. The van der Waals surface area contributed by atoms with Crippen LogP contribution in [0.2, 0.25) is 5.02 Å². The van der Waals surface area contributed by atoms with E-state index in [0.717, 1.165) is 5.69 Å². The van der Waals surface area contributed by atoms with Crippen LogP contribution in [0.3, 0.4) is 0 Å². The van der Waals surface area contributed by atoms with Crippen LogP contribution in [-0.2, 0) is 4.79 Å². The molecule has 3 nitrogen and oxygen atoms in total. The van der Waals surface area contributed by atoms with E-state index in [2.05, 4.69) is 12.6 Å². The molecule has 0 N–H and O–H groups in total. The molecule has 3 rings (SSSR count). The first-order valence-electron chi connectivity index (χ1n) is 5.84. The molecule has 2 heterocycles. The first kappa shape index (κ1) is 13.7. The van der Waals surface area contributed by atoms with Crippen molar-refractivity contribution in [1.29, 1.82) is 0 Å². The van der Waals surface area contributed by atoms with Crippen molar-refractivity contribution in [2.24, 2.45) is 0 Å². The number of thioether (sulfide) groups is 1.